The van der Waals surface area contributed by atoms with Crippen molar-refractivity contribution in [2.75, 3.05) is 6.61 Å². The molecule has 4 heteroatoms. The van der Waals surface area contributed by atoms with Gasteiger partial charge < -0.3 is 4.74 Å². The fraction of sp³-hybridized carbons (Fsp3) is 0.927. The number of hydroxylamine groups is 1. The summed E-state index contributed by atoms with van der Waals surface area (Å²) in [6.07, 6.45) is 43.0. The van der Waals surface area contributed by atoms with E-state index >= 15 is 0 Å². The minimum absolute atomic E-state index is 0.237. The van der Waals surface area contributed by atoms with Crippen LogP contribution in [0.3, 0.4) is 0 Å². The molecule has 1 atom stereocenters. The maximum atomic E-state index is 12.8. The number of allylic oxidation sites excluding steroid dienone is 1. The number of ether oxygens (including phenoxy) is 1. The lowest BCUT2D eigenvalue weighted by atomic mass is 9.91. The summed E-state index contributed by atoms with van der Waals surface area (Å²) in [7, 11) is 0. The van der Waals surface area contributed by atoms with Crippen molar-refractivity contribution < 1.29 is 14.4 Å². The lowest BCUT2D eigenvalue weighted by Crippen LogP contribution is -2.35. The van der Waals surface area contributed by atoms with Crippen molar-refractivity contribution >= 4 is 5.97 Å². The molecule has 0 saturated carbocycles. The molecule has 0 amide bonds. The van der Waals surface area contributed by atoms with Gasteiger partial charge in [-0.2, -0.15) is 5.48 Å². The second-order valence-electron chi connectivity index (χ2n) is 13.9. The lowest BCUT2D eigenvalue weighted by molar-refractivity contribution is -0.157. The summed E-state index contributed by atoms with van der Waals surface area (Å²) < 4.78 is 5.93. The minimum Gasteiger partial charge on any atom is -0.441 e. The smallest absolute Gasteiger partial charge is 0.332 e. The van der Waals surface area contributed by atoms with Crippen molar-refractivity contribution in [3.05, 3.63) is 12.2 Å². The van der Waals surface area contributed by atoms with E-state index in [0.717, 1.165) is 25.7 Å². The van der Waals surface area contributed by atoms with Gasteiger partial charge >= 0.3 is 5.97 Å². The molecule has 0 spiro atoms. The summed E-state index contributed by atoms with van der Waals surface area (Å²) in [4.78, 5) is 18.6. The summed E-state index contributed by atoms with van der Waals surface area (Å²) in [6, 6.07) is 0. The molecule has 1 unspecified atom stereocenters. The van der Waals surface area contributed by atoms with Gasteiger partial charge in [-0.05, 0) is 25.2 Å². The average molecular weight is 636 g/mol. The normalized spacial score (nSPS) is 12.5. The van der Waals surface area contributed by atoms with Crippen molar-refractivity contribution in [2.24, 2.45) is 5.92 Å². The van der Waals surface area contributed by atoms with Crippen LogP contribution in [0.25, 0.3) is 0 Å². The van der Waals surface area contributed by atoms with Gasteiger partial charge in [0.25, 0.3) is 0 Å². The van der Waals surface area contributed by atoms with Gasteiger partial charge in [0.15, 0.2) is 6.23 Å². The Morgan fingerprint density at radius 3 is 1.40 bits per heavy atom. The fourth-order valence-corrected chi connectivity index (χ4v) is 6.27. The third-order valence-corrected chi connectivity index (χ3v) is 9.28. The molecule has 0 aliphatic rings. The Balaban J connectivity index is 4.40. The highest BCUT2D eigenvalue weighted by Gasteiger charge is 2.19. The van der Waals surface area contributed by atoms with Gasteiger partial charge in [0.1, 0.15) is 0 Å². The first-order valence-corrected chi connectivity index (χ1v) is 20.4. The summed E-state index contributed by atoms with van der Waals surface area (Å²) in [5, 5.41) is 0. The van der Waals surface area contributed by atoms with E-state index in [4.69, 9.17) is 9.57 Å². The van der Waals surface area contributed by atoms with E-state index in [1.165, 1.54) is 173 Å². The topological polar surface area (TPSA) is 47.6 Å². The predicted octanol–water partition coefficient (Wildman–Crippen LogP) is 13.7. The first-order valence-electron chi connectivity index (χ1n) is 20.4. The van der Waals surface area contributed by atoms with Crippen LogP contribution < -0.4 is 5.48 Å². The molecule has 268 valence electrons. The van der Waals surface area contributed by atoms with E-state index in [0.29, 0.717) is 12.5 Å². The van der Waals surface area contributed by atoms with Gasteiger partial charge in [-0.1, -0.05) is 207 Å². The van der Waals surface area contributed by atoms with Gasteiger partial charge in [0, 0.05) is 12.5 Å². The highest BCUT2D eigenvalue weighted by Crippen LogP contribution is 2.23. The quantitative estimate of drug-likeness (QED) is 0.0242. The van der Waals surface area contributed by atoms with Gasteiger partial charge in [-0.25, -0.2) is 4.79 Å². The van der Waals surface area contributed by atoms with E-state index in [-0.39, 0.29) is 12.2 Å². The Labute approximate surface area is 283 Å². The average Bonchev–Trinajstić information content (AvgIpc) is 3.03. The van der Waals surface area contributed by atoms with Crippen molar-refractivity contribution in [1.29, 1.82) is 0 Å². The Morgan fingerprint density at radius 2 is 0.933 bits per heavy atom. The molecule has 1 N–H and O–H groups in total. The highest BCUT2D eigenvalue weighted by atomic mass is 16.7. The fourth-order valence-electron chi connectivity index (χ4n) is 6.27. The molecule has 0 aliphatic carbocycles. The Bertz CT molecular complexity index is 598. The van der Waals surface area contributed by atoms with Crippen molar-refractivity contribution in [3.63, 3.8) is 0 Å². The van der Waals surface area contributed by atoms with Gasteiger partial charge in [0.05, 0.1) is 6.61 Å². The van der Waals surface area contributed by atoms with Crippen LogP contribution in [0.15, 0.2) is 12.2 Å². The zero-order valence-corrected chi connectivity index (χ0v) is 31.2. The molecule has 0 saturated heterocycles. The molecular formula is C41H81NO3. The predicted molar refractivity (Wildman–Crippen MR) is 197 cm³/mol. The number of unbranched alkanes of at least 4 members (excludes halogenated alkanes) is 24. The minimum atomic E-state index is -0.374. The molecular weight excluding hydrogens is 554 g/mol. The lowest BCUT2D eigenvalue weighted by Gasteiger charge is -2.24. The molecule has 0 fully saturated rings. The molecule has 0 aromatic heterocycles. The number of hydrogen-bond acceptors (Lipinski definition) is 4. The Morgan fingerprint density at radius 1 is 0.533 bits per heavy atom. The van der Waals surface area contributed by atoms with E-state index < -0.39 is 0 Å². The Hall–Kier alpha value is -0.870. The van der Waals surface area contributed by atoms with Crippen LogP contribution in [0.5, 0.6) is 0 Å². The van der Waals surface area contributed by atoms with Gasteiger partial charge in [-0.15, -0.1) is 0 Å². The summed E-state index contributed by atoms with van der Waals surface area (Å²) >= 11 is 0. The second kappa shape index (κ2) is 37.6. The summed E-state index contributed by atoms with van der Waals surface area (Å²) in [5.41, 5.74) is 3.16. The summed E-state index contributed by atoms with van der Waals surface area (Å²) in [5.74, 6) is 0.327. The second-order valence-corrected chi connectivity index (χ2v) is 13.9. The van der Waals surface area contributed by atoms with Crippen molar-refractivity contribution in [1.82, 2.24) is 5.48 Å². The van der Waals surface area contributed by atoms with E-state index in [2.05, 4.69) is 33.2 Å². The van der Waals surface area contributed by atoms with Crippen LogP contribution in [-0.2, 0) is 14.4 Å². The highest BCUT2D eigenvalue weighted by molar-refractivity contribution is 5.81. The monoisotopic (exact) mass is 636 g/mol. The molecule has 45 heavy (non-hydrogen) atoms. The number of rotatable bonds is 37. The van der Waals surface area contributed by atoms with Crippen LogP contribution in [0.2, 0.25) is 0 Å². The molecule has 0 heterocycles. The van der Waals surface area contributed by atoms with Crippen LogP contribution in [-0.4, -0.2) is 18.8 Å². The molecule has 0 rings (SSSR count). The first-order chi connectivity index (χ1) is 22.2. The zero-order chi connectivity index (χ0) is 32.9. The van der Waals surface area contributed by atoms with Crippen LogP contribution in [0.1, 0.15) is 227 Å². The first kappa shape index (κ1) is 44.1. The maximum absolute atomic E-state index is 12.8. The molecule has 0 aromatic carbocycles. The van der Waals surface area contributed by atoms with Crippen LogP contribution in [0.4, 0.5) is 0 Å². The number of carbonyl (C=O) groups excluding carboxylic acids is 1. The largest absolute Gasteiger partial charge is 0.441 e. The Kier molecular flexibility index (Phi) is 36.9. The van der Waals surface area contributed by atoms with Crippen LogP contribution in [0, 0.1) is 5.92 Å². The summed E-state index contributed by atoms with van der Waals surface area (Å²) in [6.45, 7) is 9.76. The van der Waals surface area contributed by atoms with E-state index in [1.807, 2.05) is 6.08 Å². The van der Waals surface area contributed by atoms with Gasteiger partial charge in [0.2, 0.25) is 0 Å². The molecule has 0 aromatic rings. The third-order valence-electron chi connectivity index (χ3n) is 9.28. The molecule has 4 nitrogen and oxygen atoms in total. The molecule has 0 aliphatic heterocycles. The standard InChI is InChI=1S/C41H81NO3/c1-5-9-13-15-17-19-20-21-22-23-24-25-26-28-32-36-41(43)45-40(38-39(34-30-11-7-3)35-31-12-8-4)42-44-37-33-29-27-18-16-14-10-6-2/h32,36,39-40,42H,5-31,33-35,37-38H2,1-4H3/b36-32+. The number of carbonyl (C=O) groups is 1. The van der Waals surface area contributed by atoms with Crippen molar-refractivity contribution in [3.8, 4) is 0 Å². The third kappa shape index (κ3) is 34.3. The molecule has 0 bridgehead atoms. The number of hydrogen-bond donors (Lipinski definition) is 1. The molecule has 0 radical (unpaired) electrons. The zero-order valence-electron chi connectivity index (χ0n) is 31.2. The van der Waals surface area contributed by atoms with Crippen LogP contribution >= 0.6 is 0 Å². The van der Waals surface area contributed by atoms with E-state index in [1.54, 1.807) is 6.08 Å². The SMILES string of the molecule is CCCCCCCCCCCCCCC/C=C/C(=O)OC(CC(CCCCC)CCCCC)NOCCCCCCCCCC. The van der Waals surface area contributed by atoms with Gasteiger partial charge in [-0.3, -0.25) is 4.84 Å². The number of nitrogens with one attached hydrogen (secondary N) is 1. The number of esters is 1. The maximum Gasteiger partial charge on any atom is 0.332 e. The van der Waals surface area contributed by atoms with E-state index in [9.17, 15) is 4.79 Å². The van der Waals surface area contributed by atoms with Crippen molar-refractivity contribution in [2.45, 2.75) is 233 Å².